The molecule has 0 bridgehead atoms. The number of amides is 1. The van der Waals surface area contributed by atoms with Crippen LogP contribution in [0.2, 0.25) is 0 Å². The van der Waals surface area contributed by atoms with Crippen molar-refractivity contribution in [3.8, 4) is 0 Å². The maximum Gasteiger partial charge on any atom is 0.408 e. The Morgan fingerprint density at radius 3 is 2.61 bits per heavy atom. The molecule has 18 heavy (non-hydrogen) atoms. The fourth-order valence-electron chi connectivity index (χ4n) is 1.20. The maximum absolute atomic E-state index is 11.8. The van der Waals surface area contributed by atoms with E-state index in [2.05, 4.69) is 10.3 Å². The maximum atomic E-state index is 11.8. The van der Waals surface area contributed by atoms with Crippen LogP contribution in [0.15, 0.2) is 18.7 Å². The number of nitrogens with one attached hydrogen (secondary N) is 1. The van der Waals surface area contributed by atoms with Gasteiger partial charge in [0.2, 0.25) is 0 Å². The summed E-state index contributed by atoms with van der Waals surface area (Å²) in [6.45, 7) is 4.60. The van der Waals surface area contributed by atoms with E-state index in [1.165, 1.54) is 23.3 Å². The van der Waals surface area contributed by atoms with Gasteiger partial charge in [0.1, 0.15) is 18.0 Å². The Morgan fingerprint density at radius 2 is 2.17 bits per heavy atom. The number of aromatic nitrogens is 2. The monoisotopic (exact) mass is 255 g/mol. The van der Waals surface area contributed by atoms with Gasteiger partial charge < -0.3 is 15.2 Å². The summed E-state index contributed by atoms with van der Waals surface area (Å²) in [6.07, 6.45) is 3.40. The summed E-state index contributed by atoms with van der Waals surface area (Å²) in [5.74, 6) is -0.485. The van der Waals surface area contributed by atoms with Crippen LogP contribution in [-0.2, 0) is 4.74 Å². The number of carbonyl (C=O) groups excluding carboxylic acids is 2. The molecular formula is C11H17N3O4. The molecule has 1 aromatic rings. The third kappa shape index (κ3) is 4.17. The highest BCUT2D eigenvalue weighted by molar-refractivity contribution is 5.87. The SMILES string of the molecule is CC(C)(C)OC(=O)NC(CO)C(=O)n1ccnc1. The molecule has 1 rings (SSSR count). The minimum absolute atomic E-state index is 0.485. The highest BCUT2D eigenvalue weighted by Crippen LogP contribution is 2.07. The second-order valence-corrected chi connectivity index (χ2v) is 4.69. The van der Waals surface area contributed by atoms with Crippen LogP contribution < -0.4 is 5.32 Å². The first-order valence-corrected chi connectivity index (χ1v) is 5.46. The van der Waals surface area contributed by atoms with Gasteiger partial charge >= 0.3 is 6.09 Å². The average Bonchev–Trinajstić information content (AvgIpc) is 2.75. The molecule has 100 valence electrons. The molecule has 1 heterocycles. The van der Waals surface area contributed by atoms with Crippen LogP contribution >= 0.6 is 0 Å². The van der Waals surface area contributed by atoms with Gasteiger partial charge in [-0.25, -0.2) is 9.78 Å². The van der Waals surface area contributed by atoms with Gasteiger partial charge in [-0.3, -0.25) is 9.36 Å². The van der Waals surface area contributed by atoms with Crippen LogP contribution in [-0.4, -0.2) is 44.9 Å². The van der Waals surface area contributed by atoms with Crippen LogP contribution in [0, 0.1) is 0 Å². The second-order valence-electron chi connectivity index (χ2n) is 4.69. The lowest BCUT2D eigenvalue weighted by Gasteiger charge is -2.22. The zero-order valence-corrected chi connectivity index (χ0v) is 10.6. The molecule has 7 heteroatoms. The Bertz CT molecular complexity index is 408. The number of hydrogen-bond donors (Lipinski definition) is 2. The lowest BCUT2D eigenvalue weighted by molar-refractivity contribution is 0.0454. The van der Waals surface area contributed by atoms with Crippen molar-refractivity contribution >= 4 is 12.0 Å². The number of aliphatic hydroxyl groups excluding tert-OH is 1. The Hall–Kier alpha value is -1.89. The lowest BCUT2D eigenvalue weighted by atomic mass is 10.2. The topological polar surface area (TPSA) is 93.5 Å². The summed E-state index contributed by atoms with van der Waals surface area (Å²) in [4.78, 5) is 27.0. The smallest absolute Gasteiger partial charge is 0.408 e. The van der Waals surface area contributed by atoms with E-state index in [1.807, 2.05) is 0 Å². The van der Waals surface area contributed by atoms with Crippen molar-refractivity contribution in [3.63, 3.8) is 0 Å². The van der Waals surface area contributed by atoms with E-state index in [0.29, 0.717) is 0 Å². The van der Waals surface area contributed by atoms with Gasteiger partial charge in [0.25, 0.3) is 5.91 Å². The van der Waals surface area contributed by atoms with Crippen molar-refractivity contribution in [2.75, 3.05) is 6.61 Å². The first kappa shape index (κ1) is 14.2. The number of imidazole rings is 1. The predicted octanol–water partition coefficient (Wildman–Crippen LogP) is 0.409. The van der Waals surface area contributed by atoms with E-state index < -0.39 is 30.3 Å². The summed E-state index contributed by atoms with van der Waals surface area (Å²) in [5.41, 5.74) is -0.665. The number of rotatable bonds is 3. The van der Waals surface area contributed by atoms with E-state index in [4.69, 9.17) is 9.84 Å². The third-order valence-corrected chi connectivity index (χ3v) is 1.93. The Balaban J connectivity index is 2.63. The molecule has 0 aliphatic rings. The van der Waals surface area contributed by atoms with Gasteiger partial charge in [-0.2, -0.15) is 0 Å². The summed E-state index contributed by atoms with van der Waals surface area (Å²) in [7, 11) is 0. The van der Waals surface area contributed by atoms with E-state index in [-0.39, 0.29) is 0 Å². The second kappa shape index (κ2) is 5.63. The van der Waals surface area contributed by atoms with E-state index in [1.54, 1.807) is 20.8 Å². The summed E-state index contributed by atoms with van der Waals surface area (Å²) >= 11 is 0. The first-order valence-electron chi connectivity index (χ1n) is 5.46. The Kier molecular flexibility index (Phi) is 4.43. The van der Waals surface area contributed by atoms with E-state index in [0.717, 1.165) is 0 Å². The zero-order chi connectivity index (χ0) is 13.8. The molecule has 1 unspecified atom stereocenters. The van der Waals surface area contributed by atoms with Crippen LogP contribution in [0.25, 0.3) is 0 Å². The predicted molar refractivity (Wildman–Crippen MR) is 63.1 cm³/mol. The number of ether oxygens (including phenoxy) is 1. The molecule has 0 saturated heterocycles. The summed E-state index contributed by atoms with van der Waals surface area (Å²) in [5, 5.41) is 11.4. The van der Waals surface area contributed by atoms with Crippen LogP contribution in [0.4, 0.5) is 4.79 Å². The molecule has 1 atom stereocenters. The highest BCUT2D eigenvalue weighted by Gasteiger charge is 2.24. The first-order chi connectivity index (χ1) is 8.33. The molecule has 2 N–H and O–H groups in total. The van der Waals surface area contributed by atoms with Crippen LogP contribution in [0.1, 0.15) is 25.6 Å². The van der Waals surface area contributed by atoms with Crippen LogP contribution in [0.5, 0.6) is 0 Å². The van der Waals surface area contributed by atoms with Gasteiger partial charge in [0.05, 0.1) is 6.61 Å². The normalized spacial score (nSPS) is 12.9. The van der Waals surface area contributed by atoms with Crippen molar-refractivity contribution < 1.29 is 19.4 Å². The molecule has 0 spiro atoms. The van der Waals surface area contributed by atoms with Gasteiger partial charge in [-0.15, -0.1) is 0 Å². The highest BCUT2D eigenvalue weighted by atomic mass is 16.6. The van der Waals surface area contributed by atoms with Crippen molar-refractivity contribution in [2.24, 2.45) is 0 Å². The lowest BCUT2D eigenvalue weighted by Crippen LogP contribution is -2.47. The minimum Gasteiger partial charge on any atom is -0.444 e. The average molecular weight is 255 g/mol. The van der Waals surface area contributed by atoms with Crippen molar-refractivity contribution in [1.82, 2.24) is 14.9 Å². The number of hydrogen-bond acceptors (Lipinski definition) is 5. The Labute approximate surface area is 105 Å². The minimum atomic E-state index is -1.06. The zero-order valence-electron chi connectivity index (χ0n) is 10.6. The van der Waals surface area contributed by atoms with Crippen LogP contribution in [0.3, 0.4) is 0 Å². The molecular weight excluding hydrogens is 238 g/mol. The number of nitrogens with zero attached hydrogens (tertiary/aromatic N) is 2. The van der Waals surface area contributed by atoms with Crippen molar-refractivity contribution in [2.45, 2.75) is 32.4 Å². The Morgan fingerprint density at radius 1 is 1.50 bits per heavy atom. The van der Waals surface area contributed by atoms with Crippen molar-refractivity contribution in [3.05, 3.63) is 18.7 Å². The molecule has 0 radical (unpaired) electrons. The largest absolute Gasteiger partial charge is 0.444 e. The molecule has 7 nitrogen and oxygen atoms in total. The third-order valence-electron chi connectivity index (χ3n) is 1.93. The fourth-order valence-corrected chi connectivity index (χ4v) is 1.20. The molecule has 0 aromatic carbocycles. The molecule has 1 aromatic heterocycles. The van der Waals surface area contributed by atoms with Gasteiger partial charge in [0.15, 0.2) is 0 Å². The molecule has 0 aliphatic carbocycles. The molecule has 0 saturated carbocycles. The summed E-state index contributed by atoms with van der Waals surface area (Å²) in [6, 6.07) is -1.06. The van der Waals surface area contributed by atoms with E-state index in [9.17, 15) is 9.59 Å². The molecule has 1 amide bonds. The fraction of sp³-hybridized carbons (Fsp3) is 0.545. The molecule has 0 aliphatic heterocycles. The van der Waals surface area contributed by atoms with Crippen molar-refractivity contribution in [1.29, 1.82) is 0 Å². The van der Waals surface area contributed by atoms with E-state index >= 15 is 0 Å². The van der Waals surface area contributed by atoms with Gasteiger partial charge in [0, 0.05) is 12.4 Å². The quantitative estimate of drug-likeness (QED) is 0.815. The van der Waals surface area contributed by atoms with Gasteiger partial charge in [-0.1, -0.05) is 0 Å². The number of carbonyl (C=O) groups is 2. The van der Waals surface area contributed by atoms with Gasteiger partial charge in [-0.05, 0) is 20.8 Å². The standard InChI is InChI=1S/C11H17N3O4/c1-11(2,3)18-10(17)13-8(6-15)9(16)14-5-4-12-7-14/h4-5,7-8,15H,6H2,1-3H3,(H,13,17). The number of alkyl carbamates (subject to hydrolysis) is 1. The molecule has 0 fully saturated rings. The summed E-state index contributed by atoms with van der Waals surface area (Å²) < 4.78 is 6.18. The number of aliphatic hydroxyl groups is 1.